The van der Waals surface area contributed by atoms with Crippen molar-refractivity contribution in [2.75, 3.05) is 5.73 Å². The molecule has 88 valence electrons. The molecule has 1 aromatic rings. The van der Waals surface area contributed by atoms with Gasteiger partial charge in [-0.2, -0.15) is 10.5 Å². The average Bonchev–Trinajstić information content (AvgIpc) is 2.21. The minimum atomic E-state index is -4.93. The molecule has 0 saturated heterocycles. The van der Waals surface area contributed by atoms with Crippen LogP contribution in [0.3, 0.4) is 0 Å². The topological polar surface area (TPSA) is 95.7 Å². The van der Waals surface area contributed by atoms with Crippen LogP contribution in [0.4, 0.5) is 18.9 Å². The Morgan fingerprint density at radius 1 is 1.41 bits per heavy atom. The highest BCUT2D eigenvalue weighted by Crippen LogP contribution is 2.30. The highest BCUT2D eigenvalue weighted by molar-refractivity contribution is 5.63. The van der Waals surface area contributed by atoms with Gasteiger partial charge in [-0.1, -0.05) is 0 Å². The van der Waals surface area contributed by atoms with E-state index in [1.165, 1.54) is 6.07 Å². The van der Waals surface area contributed by atoms with Crippen molar-refractivity contribution in [1.82, 2.24) is 4.98 Å². The van der Waals surface area contributed by atoms with Gasteiger partial charge in [0, 0.05) is 0 Å². The third kappa shape index (κ3) is 2.98. The molecule has 1 rings (SSSR count). The summed E-state index contributed by atoms with van der Waals surface area (Å²) in [4.78, 5) is 3.54. The van der Waals surface area contributed by atoms with Crippen LogP contribution in [-0.4, -0.2) is 11.3 Å². The number of nitrogens with two attached hydrogens (primary N) is 1. The molecule has 0 aliphatic rings. The van der Waals surface area contributed by atoms with Crippen LogP contribution in [0.5, 0.6) is 5.75 Å². The van der Waals surface area contributed by atoms with Crippen molar-refractivity contribution in [2.24, 2.45) is 0 Å². The van der Waals surface area contributed by atoms with Gasteiger partial charge in [-0.15, -0.1) is 13.2 Å². The summed E-state index contributed by atoms with van der Waals surface area (Å²) >= 11 is 0. The maximum absolute atomic E-state index is 12.0. The molecule has 5 nitrogen and oxygen atoms in total. The van der Waals surface area contributed by atoms with Crippen LogP contribution in [0, 0.1) is 22.7 Å². The summed E-state index contributed by atoms with van der Waals surface area (Å²) in [5.74, 6) is -0.779. The maximum atomic E-state index is 12.0. The van der Waals surface area contributed by atoms with Crippen LogP contribution < -0.4 is 10.5 Å². The molecule has 2 N–H and O–H groups in total. The van der Waals surface area contributed by atoms with E-state index >= 15 is 0 Å². The van der Waals surface area contributed by atoms with Gasteiger partial charge >= 0.3 is 6.36 Å². The van der Waals surface area contributed by atoms with Gasteiger partial charge in [0.2, 0.25) is 0 Å². The van der Waals surface area contributed by atoms with E-state index in [1.807, 2.05) is 0 Å². The van der Waals surface area contributed by atoms with Crippen LogP contribution >= 0.6 is 0 Å². The molecule has 8 heteroatoms. The lowest BCUT2D eigenvalue weighted by Crippen LogP contribution is -2.18. The summed E-state index contributed by atoms with van der Waals surface area (Å²) in [6.45, 7) is 0. The molecule has 17 heavy (non-hydrogen) atoms. The molecular formula is C9H5F3N4O. The van der Waals surface area contributed by atoms with Crippen LogP contribution in [-0.2, 0) is 6.42 Å². The third-order valence-corrected chi connectivity index (χ3v) is 1.75. The lowest BCUT2D eigenvalue weighted by molar-refractivity contribution is -0.274. The Kier molecular flexibility index (Phi) is 3.39. The second kappa shape index (κ2) is 4.58. The van der Waals surface area contributed by atoms with E-state index in [2.05, 4.69) is 9.72 Å². The first-order valence-electron chi connectivity index (χ1n) is 4.19. The molecule has 1 aromatic heterocycles. The predicted octanol–water partition coefficient (Wildman–Crippen LogP) is 1.50. The molecule has 0 aromatic carbocycles. The number of rotatable bonds is 2. The first kappa shape index (κ1) is 12.6. The van der Waals surface area contributed by atoms with Crippen molar-refractivity contribution in [3.63, 3.8) is 0 Å². The molecular weight excluding hydrogens is 237 g/mol. The lowest BCUT2D eigenvalue weighted by atomic mass is 10.1. The highest BCUT2D eigenvalue weighted by atomic mass is 19.4. The number of ether oxygens (including phenoxy) is 1. The van der Waals surface area contributed by atoms with Crippen LogP contribution in [0.2, 0.25) is 0 Å². The van der Waals surface area contributed by atoms with Crippen LogP contribution in [0.15, 0.2) is 6.20 Å². The number of anilines is 1. The normalized spacial score (nSPS) is 10.4. The van der Waals surface area contributed by atoms with Gasteiger partial charge < -0.3 is 10.5 Å². The number of hydrogen-bond donors (Lipinski definition) is 1. The molecule has 0 spiro atoms. The Balaban J connectivity index is 3.24. The standard InChI is InChI=1S/C9H5F3N4O/c10-9(11,12)17-7-4-16-6(1-2-13)8(15)5(7)3-14/h4H,1,15H2. The van der Waals surface area contributed by atoms with Crippen LogP contribution in [0.1, 0.15) is 11.3 Å². The Hall–Kier alpha value is -2.48. The lowest BCUT2D eigenvalue weighted by Gasteiger charge is -2.12. The first-order chi connectivity index (χ1) is 7.89. The summed E-state index contributed by atoms with van der Waals surface area (Å²) in [5, 5.41) is 17.1. The Bertz CT molecular complexity index is 513. The number of nitriles is 2. The fourth-order valence-electron chi connectivity index (χ4n) is 1.08. The molecule has 0 amide bonds. The van der Waals surface area contributed by atoms with E-state index in [1.54, 1.807) is 6.07 Å². The molecule has 1 heterocycles. The fraction of sp³-hybridized carbons (Fsp3) is 0.222. The number of nitrogens with zero attached hydrogens (tertiary/aromatic N) is 3. The van der Waals surface area contributed by atoms with E-state index < -0.39 is 17.7 Å². The molecule has 0 bridgehead atoms. The van der Waals surface area contributed by atoms with E-state index in [9.17, 15) is 13.2 Å². The van der Waals surface area contributed by atoms with Crippen molar-refractivity contribution < 1.29 is 17.9 Å². The van der Waals surface area contributed by atoms with E-state index in [0.717, 1.165) is 6.20 Å². The van der Waals surface area contributed by atoms with Crippen LogP contribution in [0.25, 0.3) is 0 Å². The van der Waals surface area contributed by atoms with E-state index in [-0.39, 0.29) is 17.8 Å². The SMILES string of the molecule is N#CCc1ncc(OC(F)(F)F)c(C#N)c1N. The molecule has 0 unspecified atom stereocenters. The quantitative estimate of drug-likeness (QED) is 0.847. The minimum absolute atomic E-state index is 0.0403. The van der Waals surface area contributed by atoms with Gasteiger partial charge in [-0.3, -0.25) is 4.98 Å². The summed E-state index contributed by atoms with van der Waals surface area (Å²) in [7, 11) is 0. The smallest absolute Gasteiger partial charge is 0.403 e. The first-order valence-corrected chi connectivity index (χ1v) is 4.19. The fourth-order valence-corrected chi connectivity index (χ4v) is 1.08. The molecule has 0 saturated carbocycles. The van der Waals surface area contributed by atoms with Gasteiger partial charge in [0.15, 0.2) is 5.75 Å². The zero-order valence-electron chi connectivity index (χ0n) is 8.25. The second-order valence-electron chi connectivity index (χ2n) is 2.85. The van der Waals surface area contributed by atoms with Gasteiger partial charge in [0.25, 0.3) is 0 Å². The molecule has 0 aliphatic heterocycles. The highest BCUT2D eigenvalue weighted by Gasteiger charge is 2.33. The number of aromatic nitrogens is 1. The van der Waals surface area contributed by atoms with Crippen molar-refractivity contribution in [2.45, 2.75) is 12.8 Å². The molecule has 0 radical (unpaired) electrons. The maximum Gasteiger partial charge on any atom is 0.573 e. The van der Waals surface area contributed by atoms with Crippen molar-refractivity contribution >= 4 is 5.69 Å². The molecule has 0 atom stereocenters. The summed E-state index contributed by atoms with van der Waals surface area (Å²) in [6.07, 6.45) is -4.42. The number of pyridine rings is 1. The van der Waals surface area contributed by atoms with Crippen molar-refractivity contribution in [3.05, 3.63) is 17.5 Å². The van der Waals surface area contributed by atoms with E-state index in [0.29, 0.717) is 0 Å². The summed E-state index contributed by atoms with van der Waals surface area (Å²) in [6, 6.07) is 3.21. The zero-order chi connectivity index (χ0) is 13.1. The van der Waals surface area contributed by atoms with Crippen molar-refractivity contribution in [3.8, 4) is 17.9 Å². The monoisotopic (exact) mass is 242 g/mol. The zero-order valence-corrected chi connectivity index (χ0v) is 8.25. The number of hydrogen-bond acceptors (Lipinski definition) is 5. The largest absolute Gasteiger partial charge is 0.573 e. The molecule has 0 aliphatic carbocycles. The van der Waals surface area contributed by atoms with Gasteiger partial charge in [0.1, 0.15) is 11.6 Å². The number of nitrogen functional groups attached to an aromatic ring is 1. The Labute approximate surface area is 93.8 Å². The van der Waals surface area contributed by atoms with Gasteiger partial charge in [-0.05, 0) is 0 Å². The Morgan fingerprint density at radius 2 is 2.06 bits per heavy atom. The predicted molar refractivity (Wildman–Crippen MR) is 49.4 cm³/mol. The minimum Gasteiger partial charge on any atom is -0.403 e. The van der Waals surface area contributed by atoms with Gasteiger partial charge in [0.05, 0.1) is 30.1 Å². The summed E-state index contributed by atoms with van der Waals surface area (Å²) < 4.78 is 39.5. The number of halogens is 3. The van der Waals surface area contributed by atoms with E-state index in [4.69, 9.17) is 16.3 Å². The third-order valence-electron chi connectivity index (χ3n) is 1.75. The van der Waals surface area contributed by atoms with Crippen molar-refractivity contribution in [1.29, 1.82) is 10.5 Å². The Morgan fingerprint density at radius 3 is 2.53 bits per heavy atom. The second-order valence-corrected chi connectivity index (χ2v) is 2.85. The average molecular weight is 242 g/mol. The number of alkyl halides is 3. The van der Waals surface area contributed by atoms with Gasteiger partial charge in [-0.25, -0.2) is 0 Å². The summed E-state index contributed by atoms with van der Waals surface area (Å²) in [5.41, 5.74) is 4.69. The molecule has 0 fully saturated rings.